The van der Waals surface area contributed by atoms with Crippen molar-refractivity contribution in [3.63, 3.8) is 0 Å². The number of hydrogen-bond acceptors (Lipinski definition) is 4. The van der Waals surface area contributed by atoms with E-state index in [4.69, 9.17) is 9.47 Å². The molecular weight excluding hydrogens is 328 g/mol. The molecule has 0 bridgehead atoms. The Labute approximate surface area is 158 Å². The topological polar surface area (TPSA) is 52.6 Å². The lowest BCUT2D eigenvalue weighted by molar-refractivity contribution is -0.154. The van der Waals surface area contributed by atoms with Gasteiger partial charge in [0, 0.05) is 6.42 Å². The maximum absolute atomic E-state index is 12.1. The highest BCUT2D eigenvalue weighted by Gasteiger charge is 2.26. The van der Waals surface area contributed by atoms with Crippen molar-refractivity contribution < 1.29 is 19.1 Å². The summed E-state index contributed by atoms with van der Waals surface area (Å²) in [5.74, 6) is 0.183. The Hall–Kier alpha value is -1.68. The third-order valence-electron chi connectivity index (χ3n) is 4.11. The van der Waals surface area contributed by atoms with Crippen LogP contribution in [0.25, 0.3) is 0 Å². The first-order chi connectivity index (χ1) is 12.1. The molecule has 146 valence electrons. The molecule has 0 aromatic carbocycles. The van der Waals surface area contributed by atoms with Gasteiger partial charge in [-0.2, -0.15) is 0 Å². The molecule has 0 aromatic heterocycles. The first-order valence-corrected chi connectivity index (χ1v) is 9.51. The Kier molecular flexibility index (Phi) is 9.00. The van der Waals surface area contributed by atoms with Crippen LogP contribution in [-0.2, 0) is 19.1 Å². The van der Waals surface area contributed by atoms with Crippen molar-refractivity contribution in [2.75, 3.05) is 0 Å². The summed E-state index contributed by atoms with van der Waals surface area (Å²) in [6.45, 7) is 13.4. The van der Waals surface area contributed by atoms with Crippen molar-refractivity contribution in [3.05, 3.63) is 36.5 Å². The summed E-state index contributed by atoms with van der Waals surface area (Å²) in [6.07, 6.45) is 10.6. The van der Waals surface area contributed by atoms with Crippen molar-refractivity contribution in [1.29, 1.82) is 0 Å². The Bertz CT molecular complexity index is 551. The van der Waals surface area contributed by atoms with Crippen LogP contribution in [0.15, 0.2) is 36.5 Å². The molecule has 0 radical (unpaired) electrons. The van der Waals surface area contributed by atoms with Crippen molar-refractivity contribution in [2.24, 2.45) is 5.92 Å². The predicted molar refractivity (Wildman–Crippen MR) is 105 cm³/mol. The highest BCUT2D eigenvalue weighted by Crippen LogP contribution is 2.22. The van der Waals surface area contributed by atoms with Crippen LogP contribution in [0.1, 0.15) is 66.7 Å². The van der Waals surface area contributed by atoms with Gasteiger partial charge in [0.05, 0.1) is 6.10 Å². The van der Waals surface area contributed by atoms with E-state index in [1.54, 1.807) is 18.2 Å². The first-order valence-electron chi connectivity index (χ1n) is 9.51. The fourth-order valence-electron chi connectivity index (χ4n) is 2.95. The molecule has 0 aliphatic carbocycles. The molecule has 0 spiro atoms. The molecule has 0 saturated heterocycles. The number of carbonyl (C=O) groups is 2. The molecule has 0 fully saturated rings. The normalized spacial score (nSPS) is 22.2. The molecule has 3 atom stereocenters. The Morgan fingerprint density at radius 1 is 1.38 bits per heavy atom. The number of rotatable bonds is 9. The van der Waals surface area contributed by atoms with E-state index in [1.165, 1.54) is 0 Å². The maximum Gasteiger partial charge on any atom is 0.306 e. The zero-order chi connectivity index (χ0) is 19.7. The fraction of sp³-hybridized carbons (Fsp3) is 0.636. The van der Waals surface area contributed by atoms with E-state index in [9.17, 15) is 9.59 Å². The van der Waals surface area contributed by atoms with Crippen LogP contribution in [0.2, 0.25) is 0 Å². The maximum atomic E-state index is 12.1. The molecule has 4 nitrogen and oxygen atoms in total. The molecule has 1 heterocycles. The van der Waals surface area contributed by atoms with E-state index in [-0.39, 0.29) is 17.9 Å². The van der Waals surface area contributed by atoms with Crippen LogP contribution in [-0.4, -0.2) is 29.6 Å². The van der Waals surface area contributed by atoms with E-state index in [0.717, 1.165) is 24.8 Å². The van der Waals surface area contributed by atoms with E-state index < -0.39 is 11.7 Å². The lowest BCUT2D eigenvalue weighted by Crippen LogP contribution is -2.32. The van der Waals surface area contributed by atoms with E-state index in [2.05, 4.69) is 19.6 Å². The molecule has 1 aliphatic rings. The minimum absolute atomic E-state index is 0.00353. The fourth-order valence-corrected chi connectivity index (χ4v) is 2.95. The molecule has 0 N–H and O–H groups in total. The average Bonchev–Trinajstić information content (AvgIpc) is 2.52. The number of ketones is 1. The van der Waals surface area contributed by atoms with Gasteiger partial charge in [-0.15, -0.1) is 6.58 Å². The molecule has 1 rings (SSSR count). The van der Waals surface area contributed by atoms with Crippen molar-refractivity contribution in [2.45, 2.75) is 84.5 Å². The largest absolute Gasteiger partial charge is 0.460 e. The number of esters is 1. The van der Waals surface area contributed by atoms with Gasteiger partial charge in [0.15, 0.2) is 5.78 Å². The first kappa shape index (κ1) is 22.4. The zero-order valence-corrected chi connectivity index (χ0v) is 16.9. The summed E-state index contributed by atoms with van der Waals surface area (Å²) >= 11 is 0. The smallest absolute Gasteiger partial charge is 0.306 e. The molecule has 1 aliphatic heterocycles. The Balaban J connectivity index is 2.41. The van der Waals surface area contributed by atoms with Crippen LogP contribution < -0.4 is 0 Å². The Morgan fingerprint density at radius 2 is 2.08 bits per heavy atom. The predicted octanol–water partition coefficient (Wildman–Crippen LogP) is 4.94. The summed E-state index contributed by atoms with van der Waals surface area (Å²) in [7, 11) is 0. The van der Waals surface area contributed by atoms with Gasteiger partial charge in [0.1, 0.15) is 11.7 Å². The molecule has 26 heavy (non-hydrogen) atoms. The Morgan fingerprint density at radius 3 is 2.69 bits per heavy atom. The molecule has 0 unspecified atom stereocenters. The van der Waals surface area contributed by atoms with Crippen molar-refractivity contribution >= 4 is 11.8 Å². The van der Waals surface area contributed by atoms with Crippen LogP contribution >= 0.6 is 0 Å². The summed E-state index contributed by atoms with van der Waals surface area (Å²) < 4.78 is 11.2. The number of allylic oxidation sites excluding steroid dienone is 1. The van der Waals surface area contributed by atoms with Crippen LogP contribution in [0.5, 0.6) is 0 Å². The second-order valence-corrected chi connectivity index (χ2v) is 8.06. The quantitative estimate of drug-likeness (QED) is 0.331. The molecule has 0 aromatic rings. The van der Waals surface area contributed by atoms with E-state index in [1.807, 2.05) is 27.7 Å². The summed E-state index contributed by atoms with van der Waals surface area (Å²) in [5, 5.41) is 0. The number of carbonyl (C=O) groups excluding carboxylic acids is 2. The van der Waals surface area contributed by atoms with Gasteiger partial charge in [-0.3, -0.25) is 9.59 Å². The molecule has 0 amide bonds. The number of unbranched alkanes of at least 4 members (excludes halogenated alkanes) is 1. The monoisotopic (exact) mass is 362 g/mol. The highest BCUT2D eigenvalue weighted by atomic mass is 16.6. The summed E-state index contributed by atoms with van der Waals surface area (Å²) in [5.41, 5.74) is 0.530. The van der Waals surface area contributed by atoms with Crippen LogP contribution in [0, 0.1) is 5.92 Å². The third kappa shape index (κ3) is 8.61. The van der Waals surface area contributed by atoms with Gasteiger partial charge in [0.2, 0.25) is 0 Å². The van der Waals surface area contributed by atoms with Gasteiger partial charge < -0.3 is 9.47 Å². The van der Waals surface area contributed by atoms with Gasteiger partial charge in [-0.05, 0) is 64.5 Å². The van der Waals surface area contributed by atoms with Gasteiger partial charge in [-0.1, -0.05) is 31.6 Å². The van der Waals surface area contributed by atoms with Crippen molar-refractivity contribution in [3.8, 4) is 0 Å². The second kappa shape index (κ2) is 10.5. The minimum atomic E-state index is -0.492. The molecule has 4 heteroatoms. The zero-order valence-electron chi connectivity index (χ0n) is 16.9. The SMILES string of the molecule is C=CC[C@H]1C=CC(=O)[C@H](/C(C)=C/[C@H](C)CCCCC(=O)OC(C)(C)C)O1. The molecule has 0 saturated carbocycles. The average molecular weight is 363 g/mol. The number of ether oxygens (including phenoxy) is 2. The van der Waals surface area contributed by atoms with Crippen LogP contribution in [0.4, 0.5) is 0 Å². The van der Waals surface area contributed by atoms with Gasteiger partial charge in [-0.25, -0.2) is 0 Å². The van der Waals surface area contributed by atoms with E-state index in [0.29, 0.717) is 18.8 Å². The second-order valence-electron chi connectivity index (χ2n) is 8.06. The standard InChI is InChI=1S/C22H34O4/c1-7-10-18-13-14-19(23)21(25-18)17(3)15-16(2)11-8-9-12-20(24)26-22(4,5)6/h7,13-16,18,21H,1,8-12H2,2-6H3/b17-15+/t16-,18+,21+/m1/s1. The van der Waals surface area contributed by atoms with Gasteiger partial charge >= 0.3 is 5.97 Å². The lowest BCUT2D eigenvalue weighted by atomic mass is 9.96. The summed E-state index contributed by atoms with van der Waals surface area (Å²) in [4.78, 5) is 23.8. The van der Waals surface area contributed by atoms with Gasteiger partial charge in [0.25, 0.3) is 0 Å². The minimum Gasteiger partial charge on any atom is -0.460 e. The third-order valence-corrected chi connectivity index (χ3v) is 4.11. The highest BCUT2D eigenvalue weighted by molar-refractivity contribution is 5.96. The number of hydrogen-bond donors (Lipinski definition) is 0. The molecular formula is C22H34O4. The lowest BCUT2D eigenvalue weighted by Gasteiger charge is -2.25. The summed E-state index contributed by atoms with van der Waals surface area (Å²) in [6, 6.07) is 0. The van der Waals surface area contributed by atoms with Crippen LogP contribution in [0.3, 0.4) is 0 Å². The van der Waals surface area contributed by atoms with E-state index >= 15 is 0 Å². The van der Waals surface area contributed by atoms with Crippen molar-refractivity contribution in [1.82, 2.24) is 0 Å².